The van der Waals surface area contributed by atoms with E-state index < -0.39 is 0 Å². The Hall–Kier alpha value is -0.810. The van der Waals surface area contributed by atoms with Crippen molar-refractivity contribution in [3.63, 3.8) is 0 Å². The summed E-state index contributed by atoms with van der Waals surface area (Å²) in [6.45, 7) is 2.82. The van der Waals surface area contributed by atoms with Crippen LogP contribution >= 0.6 is 31.9 Å². The maximum atomic E-state index is 4.14. The van der Waals surface area contributed by atoms with Crippen LogP contribution in [0.25, 0.3) is 0 Å². The van der Waals surface area contributed by atoms with E-state index in [1.54, 1.807) is 6.20 Å². The third-order valence-corrected chi connectivity index (χ3v) is 3.81. The average Bonchev–Trinajstić information content (AvgIpc) is 2.62. The van der Waals surface area contributed by atoms with Crippen LogP contribution in [0.5, 0.6) is 0 Å². The van der Waals surface area contributed by atoms with E-state index >= 15 is 0 Å². The van der Waals surface area contributed by atoms with Crippen molar-refractivity contribution in [1.29, 1.82) is 0 Å². The van der Waals surface area contributed by atoms with Gasteiger partial charge >= 0.3 is 0 Å². The first kappa shape index (κ1) is 12.6. The van der Waals surface area contributed by atoms with Gasteiger partial charge < -0.3 is 5.32 Å². The second-order valence-electron chi connectivity index (χ2n) is 3.90. The van der Waals surface area contributed by atoms with Gasteiger partial charge in [0.25, 0.3) is 0 Å². The van der Waals surface area contributed by atoms with E-state index in [1.165, 1.54) is 5.56 Å². The van der Waals surface area contributed by atoms with Crippen LogP contribution in [0.2, 0.25) is 0 Å². The largest absolute Gasteiger partial charge is 0.378 e. The van der Waals surface area contributed by atoms with E-state index in [-0.39, 0.29) is 0 Å². The van der Waals surface area contributed by atoms with E-state index in [1.807, 2.05) is 17.8 Å². The Kier molecular flexibility index (Phi) is 3.89. The first-order valence-corrected chi connectivity index (χ1v) is 6.83. The molecular weight excluding hydrogens is 346 g/mol. The van der Waals surface area contributed by atoms with Gasteiger partial charge in [-0.2, -0.15) is 5.10 Å². The molecular formula is C12H13Br2N3. The van der Waals surface area contributed by atoms with Gasteiger partial charge in [-0.3, -0.25) is 4.68 Å². The standard InChI is InChI=1S/C12H13Br2N3/c1-8-5-10(13)12(11(14)6-8)15-7-9-3-4-16-17(9)2/h3-6,15H,7H2,1-2H3. The second-order valence-corrected chi connectivity index (χ2v) is 5.61. The summed E-state index contributed by atoms with van der Waals surface area (Å²) >= 11 is 7.13. The van der Waals surface area contributed by atoms with Gasteiger partial charge in [0.15, 0.2) is 0 Å². The SMILES string of the molecule is Cc1cc(Br)c(NCc2ccnn2C)c(Br)c1. The molecule has 0 unspecified atom stereocenters. The lowest BCUT2D eigenvalue weighted by molar-refractivity contribution is 0.720. The number of rotatable bonds is 3. The molecule has 0 aliphatic heterocycles. The summed E-state index contributed by atoms with van der Waals surface area (Å²) in [5.74, 6) is 0. The third kappa shape index (κ3) is 2.90. The topological polar surface area (TPSA) is 29.9 Å². The van der Waals surface area contributed by atoms with Crippen molar-refractivity contribution >= 4 is 37.5 Å². The Morgan fingerprint density at radius 1 is 1.29 bits per heavy atom. The molecule has 1 aromatic carbocycles. The molecule has 0 aliphatic carbocycles. The Balaban J connectivity index is 2.17. The normalized spacial score (nSPS) is 10.6. The highest BCUT2D eigenvalue weighted by Gasteiger charge is 2.06. The van der Waals surface area contributed by atoms with Gasteiger partial charge in [0.05, 0.1) is 17.9 Å². The smallest absolute Gasteiger partial charge is 0.0632 e. The maximum Gasteiger partial charge on any atom is 0.0632 e. The molecule has 2 rings (SSSR count). The number of aromatic nitrogens is 2. The lowest BCUT2D eigenvalue weighted by Gasteiger charge is -2.12. The summed E-state index contributed by atoms with van der Waals surface area (Å²) in [6, 6.07) is 6.19. The minimum Gasteiger partial charge on any atom is -0.378 e. The van der Waals surface area contributed by atoms with Crippen LogP contribution < -0.4 is 5.32 Å². The zero-order valence-corrected chi connectivity index (χ0v) is 12.8. The number of nitrogens with zero attached hydrogens (tertiary/aromatic N) is 2. The van der Waals surface area contributed by atoms with Gasteiger partial charge in [0.2, 0.25) is 0 Å². The fourth-order valence-corrected chi connectivity index (χ4v) is 3.32. The van der Waals surface area contributed by atoms with Crippen LogP contribution in [0.15, 0.2) is 33.3 Å². The number of halogens is 2. The Labute approximate surface area is 117 Å². The minimum atomic E-state index is 0.747. The Bertz CT molecular complexity index is 511. The molecule has 90 valence electrons. The second kappa shape index (κ2) is 5.23. The van der Waals surface area contributed by atoms with Gasteiger partial charge in [0, 0.05) is 22.2 Å². The van der Waals surface area contributed by atoms with Gasteiger partial charge in [-0.25, -0.2) is 0 Å². The van der Waals surface area contributed by atoms with Crippen molar-refractivity contribution in [2.45, 2.75) is 13.5 Å². The highest BCUT2D eigenvalue weighted by atomic mass is 79.9. The average molecular weight is 359 g/mol. The summed E-state index contributed by atoms with van der Waals surface area (Å²) in [6.07, 6.45) is 1.80. The zero-order chi connectivity index (χ0) is 12.4. The molecule has 1 N–H and O–H groups in total. The van der Waals surface area contributed by atoms with E-state index in [0.717, 1.165) is 26.9 Å². The molecule has 0 fully saturated rings. The molecule has 3 nitrogen and oxygen atoms in total. The molecule has 0 spiro atoms. The summed E-state index contributed by atoms with van der Waals surface area (Å²) in [5.41, 5.74) is 3.43. The quantitative estimate of drug-likeness (QED) is 0.902. The summed E-state index contributed by atoms with van der Waals surface area (Å²) in [7, 11) is 1.94. The first-order chi connectivity index (χ1) is 8.08. The van der Waals surface area contributed by atoms with Gasteiger partial charge in [-0.15, -0.1) is 0 Å². The van der Waals surface area contributed by atoms with E-state index in [4.69, 9.17) is 0 Å². The van der Waals surface area contributed by atoms with Gasteiger partial charge in [0.1, 0.15) is 0 Å². The molecule has 0 aliphatic rings. The first-order valence-electron chi connectivity index (χ1n) is 5.24. The van der Waals surface area contributed by atoms with E-state index in [2.05, 4.69) is 61.3 Å². The Morgan fingerprint density at radius 2 is 1.94 bits per heavy atom. The van der Waals surface area contributed by atoms with E-state index in [0.29, 0.717) is 0 Å². The van der Waals surface area contributed by atoms with Crippen molar-refractivity contribution in [1.82, 2.24) is 9.78 Å². The van der Waals surface area contributed by atoms with Gasteiger partial charge in [-0.1, -0.05) is 0 Å². The summed E-state index contributed by atoms with van der Waals surface area (Å²) in [5, 5.41) is 7.54. The molecule has 0 radical (unpaired) electrons. The predicted octanol–water partition coefficient (Wildman–Crippen LogP) is 3.87. The molecule has 0 amide bonds. The number of hydrogen-bond acceptors (Lipinski definition) is 2. The third-order valence-electron chi connectivity index (χ3n) is 2.56. The van der Waals surface area contributed by atoms with E-state index in [9.17, 15) is 0 Å². The monoisotopic (exact) mass is 357 g/mol. The number of anilines is 1. The molecule has 0 bridgehead atoms. The lowest BCUT2D eigenvalue weighted by atomic mass is 10.2. The molecule has 0 saturated heterocycles. The molecule has 1 aromatic heterocycles. The maximum absolute atomic E-state index is 4.14. The Morgan fingerprint density at radius 3 is 2.47 bits per heavy atom. The van der Waals surface area contributed by atoms with Crippen LogP contribution in [0.1, 0.15) is 11.3 Å². The number of nitrogens with one attached hydrogen (secondary N) is 1. The van der Waals surface area contributed by atoms with Gasteiger partial charge in [-0.05, 0) is 62.5 Å². The summed E-state index contributed by atoms with van der Waals surface area (Å²) < 4.78 is 3.99. The van der Waals surface area contributed by atoms with Crippen LogP contribution in [-0.2, 0) is 13.6 Å². The predicted molar refractivity (Wildman–Crippen MR) is 77.1 cm³/mol. The zero-order valence-electron chi connectivity index (χ0n) is 9.67. The molecule has 17 heavy (non-hydrogen) atoms. The summed E-state index contributed by atoms with van der Waals surface area (Å²) in [4.78, 5) is 0. The molecule has 0 saturated carbocycles. The highest BCUT2D eigenvalue weighted by molar-refractivity contribution is 9.11. The molecule has 5 heteroatoms. The van der Waals surface area contributed by atoms with Crippen LogP contribution in [0.3, 0.4) is 0 Å². The van der Waals surface area contributed by atoms with Crippen molar-refractivity contribution in [3.8, 4) is 0 Å². The highest BCUT2D eigenvalue weighted by Crippen LogP contribution is 2.32. The van der Waals surface area contributed by atoms with Crippen molar-refractivity contribution in [3.05, 3.63) is 44.6 Å². The van der Waals surface area contributed by atoms with Crippen LogP contribution in [-0.4, -0.2) is 9.78 Å². The van der Waals surface area contributed by atoms with Crippen LogP contribution in [0.4, 0.5) is 5.69 Å². The van der Waals surface area contributed by atoms with Crippen molar-refractivity contribution in [2.24, 2.45) is 7.05 Å². The number of benzene rings is 1. The molecule has 1 heterocycles. The lowest BCUT2D eigenvalue weighted by Crippen LogP contribution is -2.06. The molecule has 0 atom stereocenters. The minimum absolute atomic E-state index is 0.747. The number of hydrogen-bond donors (Lipinski definition) is 1. The fourth-order valence-electron chi connectivity index (χ4n) is 1.62. The fraction of sp³-hybridized carbons (Fsp3) is 0.250. The molecule has 2 aromatic rings. The van der Waals surface area contributed by atoms with Crippen molar-refractivity contribution in [2.75, 3.05) is 5.32 Å². The number of aryl methyl sites for hydroxylation is 2. The van der Waals surface area contributed by atoms with Crippen molar-refractivity contribution < 1.29 is 0 Å². The van der Waals surface area contributed by atoms with Crippen LogP contribution in [0, 0.1) is 6.92 Å².